The molecule has 0 bridgehead atoms. The predicted molar refractivity (Wildman–Crippen MR) is 99.8 cm³/mol. The molecule has 3 rings (SSSR count). The number of ketones is 1. The molecule has 4 nitrogen and oxygen atoms in total. The van der Waals surface area contributed by atoms with Crippen LogP contribution < -0.4 is 5.32 Å². The fourth-order valence-electron chi connectivity index (χ4n) is 3.61. The Bertz CT molecular complexity index is 785. The molecule has 1 aliphatic rings. The number of carbonyl (C=O) groups is 2. The molecule has 0 saturated carbocycles. The fourth-order valence-corrected chi connectivity index (χ4v) is 3.61. The van der Waals surface area contributed by atoms with Gasteiger partial charge in [0.15, 0.2) is 5.78 Å². The molecule has 1 N–H and O–H groups in total. The number of rotatable bonds is 5. The summed E-state index contributed by atoms with van der Waals surface area (Å²) in [6, 6.07) is 15.9. The van der Waals surface area contributed by atoms with Crippen LogP contribution in [0.3, 0.4) is 0 Å². The number of fused-ring (bicyclic) bond motifs is 1. The molecule has 4 heteroatoms. The maximum absolute atomic E-state index is 12.5. The van der Waals surface area contributed by atoms with E-state index in [1.165, 1.54) is 18.1 Å². The molecule has 0 aromatic heterocycles. The van der Waals surface area contributed by atoms with Gasteiger partial charge in [0.05, 0.1) is 12.2 Å². The van der Waals surface area contributed by atoms with Crippen LogP contribution in [-0.2, 0) is 11.2 Å². The van der Waals surface area contributed by atoms with Crippen LogP contribution in [0.1, 0.15) is 47.3 Å². The molecule has 0 unspecified atom stereocenters. The van der Waals surface area contributed by atoms with Gasteiger partial charge in [-0.3, -0.25) is 14.5 Å². The quantitative estimate of drug-likeness (QED) is 0.844. The molecular weight excluding hydrogens is 312 g/mol. The molecular formula is C21H24N2O2. The third kappa shape index (κ3) is 3.97. The van der Waals surface area contributed by atoms with E-state index < -0.39 is 0 Å². The zero-order chi connectivity index (χ0) is 17.8. The van der Waals surface area contributed by atoms with E-state index in [0.717, 1.165) is 19.3 Å². The number of aryl methyl sites for hydroxylation is 1. The van der Waals surface area contributed by atoms with Crippen LogP contribution in [-0.4, -0.2) is 30.2 Å². The maximum Gasteiger partial charge on any atom is 0.238 e. The molecule has 1 aliphatic carbocycles. The van der Waals surface area contributed by atoms with Crippen LogP contribution in [0.15, 0.2) is 48.5 Å². The zero-order valence-corrected chi connectivity index (χ0v) is 14.8. The van der Waals surface area contributed by atoms with Crippen molar-refractivity contribution in [1.29, 1.82) is 0 Å². The number of benzene rings is 2. The van der Waals surface area contributed by atoms with Crippen LogP contribution in [0, 0.1) is 0 Å². The van der Waals surface area contributed by atoms with Crippen molar-refractivity contribution < 1.29 is 9.59 Å². The summed E-state index contributed by atoms with van der Waals surface area (Å²) in [5.74, 6) is -0.148. The largest absolute Gasteiger partial charge is 0.324 e. The lowest BCUT2D eigenvalue weighted by molar-refractivity contribution is -0.117. The molecule has 2 aromatic rings. The first-order valence-electron chi connectivity index (χ1n) is 8.74. The number of anilines is 1. The number of hydrogen-bond donors (Lipinski definition) is 1. The van der Waals surface area contributed by atoms with E-state index in [1.54, 1.807) is 18.2 Å². The Kier molecular flexibility index (Phi) is 5.29. The Balaban J connectivity index is 1.69. The van der Waals surface area contributed by atoms with Crippen LogP contribution >= 0.6 is 0 Å². The summed E-state index contributed by atoms with van der Waals surface area (Å²) in [6.07, 6.45) is 3.31. The van der Waals surface area contributed by atoms with E-state index in [-0.39, 0.29) is 17.7 Å². The number of amides is 1. The van der Waals surface area contributed by atoms with Crippen molar-refractivity contribution in [1.82, 2.24) is 4.90 Å². The van der Waals surface area contributed by atoms with Gasteiger partial charge in [0, 0.05) is 11.6 Å². The highest BCUT2D eigenvalue weighted by molar-refractivity contribution is 6.04. The topological polar surface area (TPSA) is 49.4 Å². The second-order valence-corrected chi connectivity index (χ2v) is 6.67. The summed E-state index contributed by atoms with van der Waals surface area (Å²) < 4.78 is 0. The van der Waals surface area contributed by atoms with Crippen molar-refractivity contribution >= 4 is 17.4 Å². The molecule has 0 aliphatic heterocycles. The smallest absolute Gasteiger partial charge is 0.238 e. The molecule has 0 spiro atoms. The molecule has 0 saturated heterocycles. The number of hydrogen-bond acceptors (Lipinski definition) is 3. The van der Waals surface area contributed by atoms with Gasteiger partial charge < -0.3 is 5.32 Å². The van der Waals surface area contributed by atoms with E-state index >= 15 is 0 Å². The van der Waals surface area contributed by atoms with Crippen molar-refractivity contribution in [3.8, 4) is 0 Å². The SMILES string of the molecule is CC(=O)c1ccccc1NC(=O)CN(C)[C@@H]1CCCc2ccccc21. The Morgan fingerprint density at radius 1 is 1.12 bits per heavy atom. The van der Waals surface area contributed by atoms with Gasteiger partial charge in [-0.15, -0.1) is 0 Å². The lowest BCUT2D eigenvalue weighted by Gasteiger charge is -2.32. The van der Waals surface area contributed by atoms with Crippen LogP contribution in [0.2, 0.25) is 0 Å². The molecule has 1 amide bonds. The van der Waals surface area contributed by atoms with Gasteiger partial charge in [0.2, 0.25) is 5.91 Å². The van der Waals surface area contributed by atoms with Crippen LogP contribution in [0.25, 0.3) is 0 Å². The van der Waals surface area contributed by atoms with Crippen LogP contribution in [0.4, 0.5) is 5.69 Å². The second-order valence-electron chi connectivity index (χ2n) is 6.67. The first-order chi connectivity index (χ1) is 12.1. The van der Waals surface area contributed by atoms with Gasteiger partial charge in [0.25, 0.3) is 0 Å². The molecule has 130 valence electrons. The first kappa shape index (κ1) is 17.4. The number of carbonyl (C=O) groups excluding carboxylic acids is 2. The number of para-hydroxylation sites is 1. The third-order valence-electron chi connectivity index (χ3n) is 4.84. The van der Waals surface area contributed by atoms with Crippen molar-refractivity contribution in [2.45, 2.75) is 32.2 Å². The van der Waals surface area contributed by atoms with E-state index in [4.69, 9.17) is 0 Å². The van der Waals surface area contributed by atoms with E-state index in [1.807, 2.05) is 13.1 Å². The predicted octanol–water partition coefficient (Wildman–Crippen LogP) is 3.84. The van der Waals surface area contributed by atoms with E-state index in [2.05, 4.69) is 34.5 Å². The van der Waals surface area contributed by atoms with Gasteiger partial charge in [0.1, 0.15) is 0 Å². The van der Waals surface area contributed by atoms with Crippen molar-refractivity contribution in [2.24, 2.45) is 0 Å². The summed E-state index contributed by atoms with van der Waals surface area (Å²) in [7, 11) is 1.99. The highest BCUT2D eigenvalue weighted by Crippen LogP contribution is 2.33. The Labute approximate surface area is 148 Å². The Hall–Kier alpha value is -2.46. The minimum absolute atomic E-state index is 0.0505. The van der Waals surface area contributed by atoms with E-state index in [9.17, 15) is 9.59 Å². The minimum Gasteiger partial charge on any atom is -0.324 e. The highest BCUT2D eigenvalue weighted by atomic mass is 16.2. The van der Waals surface area contributed by atoms with Crippen molar-refractivity contribution in [2.75, 3.05) is 18.9 Å². The molecule has 0 heterocycles. The normalized spacial score (nSPS) is 16.4. The summed E-state index contributed by atoms with van der Waals surface area (Å²) in [5, 5.41) is 2.88. The summed E-state index contributed by atoms with van der Waals surface area (Å²) in [4.78, 5) is 26.3. The number of Topliss-reactive ketones (excluding diaryl/α,β-unsaturated/α-hetero) is 1. The molecule has 0 radical (unpaired) electrons. The average Bonchev–Trinajstić information content (AvgIpc) is 2.61. The number of likely N-dealkylation sites (N-methyl/N-ethyl adjacent to an activating group) is 1. The minimum atomic E-state index is -0.0979. The van der Waals surface area contributed by atoms with Crippen LogP contribution in [0.5, 0.6) is 0 Å². The molecule has 25 heavy (non-hydrogen) atoms. The highest BCUT2D eigenvalue weighted by Gasteiger charge is 2.24. The van der Waals surface area contributed by atoms with Gasteiger partial charge in [-0.1, -0.05) is 36.4 Å². The van der Waals surface area contributed by atoms with Gasteiger partial charge in [-0.2, -0.15) is 0 Å². The molecule has 1 atom stereocenters. The lowest BCUT2D eigenvalue weighted by atomic mass is 9.87. The summed E-state index contributed by atoms with van der Waals surface area (Å²) in [6.45, 7) is 1.81. The first-order valence-corrected chi connectivity index (χ1v) is 8.74. The monoisotopic (exact) mass is 336 g/mol. The van der Waals surface area contributed by atoms with Crippen molar-refractivity contribution in [3.05, 3.63) is 65.2 Å². The summed E-state index contributed by atoms with van der Waals surface area (Å²) >= 11 is 0. The fraction of sp³-hybridized carbons (Fsp3) is 0.333. The third-order valence-corrected chi connectivity index (χ3v) is 4.84. The van der Waals surface area contributed by atoms with Gasteiger partial charge in [-0.05, 0) is 56.5 Å². The Morgan fingerprint density at radius 2 is 1.84 bits per heavy atom. The zero-order valence-electron chi connectivity index (χ0n) is 14.8. The van der Waals surface area contributed by atoms with Gasteiger partial charge in [-0.25, -0.2) is 0 Å². The maximum atomic E-state index is 12.5. The summed E-state index contributed by atoms with van der Waals surface area (Å²) in [5.41, 5.74) is 3.83. The number of nitrogens with zero attached hydrogens (tertiary/aromatic N) is 1. The average molecular weight is 336 g/mol. The van der Waals surface area contributed by atoms with Gasteiger partial charge >= 0.3 is 0 Å². The standard InChI is InChI=1S/C21H24N2O2/c1-15(24)17-10-5-6-12-19(17)22-21(25)14-23(2)20-13-7-9-16-8-3-4-11-18(16)20/h3-6,8,10-12,20H,7,9,13-14H2,1-2H3,(H,22,25)/t20-/m1/s1. The number of nitrogens with one attached hydrogen (secondary N) is 1. The van der Waals surface area contributed by atoms with E-state index in [0.29, 0.717) is 17.8 Å². The second kappa shape index (κ2) is 7.62. The van der Waals surface area contributed by atoms with Crippen molar-refractivity contribution in [3.63, 3.8) is 0 Å². The molecule has 0 fully saturated rings. The Morgan fingerprint density at radius 3 is 2.64 bits per heavy atom. The molecule has 2 aromatic carbocycles. The lowest BCUT2D eigenvalue weighted by Crippen LogP contribution is -2.35.